The van der Waals surface area contributed by atoms with Gasteiger partial charge in [0.1, 0.15) is 12.2 Å². The lowest BCUT2D eigenvalue weighted by Crippen LogP contribution is -2.77. The van der Waals surface area contributed by atoms with Crippen molar-refractivity contribution in [1.82, 2.24) is 10.6 Å². The van der Waals surface area contributed by atoms with Crippen molar-refractivity contribution in [3.8, 4) is 0 Å². The number of rotatable bonds is 4. The van der Waals surface area contributed by atoms with Crippen LogP contribution in [-0.2, 0) is 14.2 Å². The second kappa shape index (κ2) is 7.36. The third kappa shape index (κ3) is 3.12. The highest BCUT2D eigenvalue weighted by molar-refractivity contribution is 5.07. The fraction of sp³-hybridized carbons (Fsp3) is 1.00. The van der Waals surface area contributed by atoms with Gasteiger partial charge in [-0.1, -0.05) is 13.8 Å². The molecule has 0 amide bonds. The van der Waals surface area contributed by atoms with Crippen LogP contribution in [0, 0.1) is 5.92 Å². The standard InChI is InChI=1S/C17H32N2O6/c1-5-9-12(20)11(18-4)14-15(13(9)21)24-16-17(22,25-14)10(19-6-2)7-8(3)23-16/h8-16,18-22H,5-7H2,1-4H3/t8-,9-,10-,11+,12+,13+,14?,15?,16?,17+/m1/s1. The molecule has 0 aromatic heterocycles. The molecule has 0 aromatic carbocycles. The van der Waals surface area contributed by atoms with Gasteiger partial charge in [-0.25, -0.2) is 0 Å². The second-order valence-electron chi connectivity index (χ2n) is 7.43. The van der Waals surface area contributed by atoms with Crippen molar-refractivity contribution < 1.29 is 29.5 Å². The molecule has 3 rings (SSSR count). The van der Waals surface area contributed by atoms with Gasteiger partial charge in [0.15, 0.2) is 0 Å². The molecule has 8 heteroatoms. The SMILES string of the molecule is CCN[C@@H]1C[C@@H](C)OC2OC3C(O[C@]21O)[C@@H](NC)[C@@H](O)[C@@H](CC)[C@@H]3O. The molecule has 5 N–H and O–H groups in total. The zero-order chi connectivity index (χ0) is 18.4. The molecule has 0 spiro atoms. The fourth-order valence-corrected chi connectivity index (χ4v) is 4.55. The summed E-state index contributed by atoms with van der Waals surface area (Å²) in [7, 11) is 1.73. The van der Waals surface area contributed by atoms with Crippen molar-refractivity contribution >= 4 is 0 Å². The van der Waals surface area contributed by atoms with E-state index in [1.54, 1.807) is 7.05 Å². The van der Waals surface area contributed by atoms with Gasteiger partial charge in [-0.05, 0) is 33.4 Å². The van der Waals surface area contributed by atoms with Crippen LogP contribution >= 0.6 is 0 Å². The van der Waals surface area contributed by atoms with Crippen LogP contribution in [0.25, 0.3) is 0 Å². The molecule has 0 bridgehead atoms. The summed E-state index contributed by atoms with van der Waals surface area (Å²) in [5.74, 6) is -2.00. The van der Waals surface area contributed by atoms with E-state index in [0.29, 0.717) is 19.4 Å². The highest BCUT2D eigenvalue weighted by Gasteiger charge is 2.63. The van der Waals surface area contributed by atoms with E-state index in [0.717, 1.165) is 0 Å². The Morgan fingerprint density at radius 1 is 1.12 bits per heavy atom. The summed E-state index contributed by atoms with van der Waals surface area (Å²) in [6.45, 7) is 6.47. The van der Waals surface area contributed by atoms with Gasteiger partial charge in [0.05, 0.1) is 30.4 Å². The molecule has 3 aliphatic rings. The Bertz CT molecular complexity index is 468. The minimum absolute atomic E-state index is 0.108. The molecular formula is C17H32N2O6. The number of aliphatic hydroxyl groups excluding tert-OH is 2. The van der Waals surface area contributed by atoms with E-state index in [1.807, 2.05) is 20.8 Å². The average molecular weight is 360 g/mol. The maximum absolute atomic E-state index is 11.2. The van der Waals surface area contributed by atoms with Crippen LogP contribution in [0.15, 0.2) is 0 Å². The summed E-state index contributed by atoms with van der Waals surface area (Å²) in [6.07, 6.45) is -2.95. The number of aliphatic hydroxyl groups is 3. The van der Waals surface area contributed by atoms with E-state index >= 15 is 0 Å². The van der Waals surface area contributed by atoms with Crippen LogP contribution < -0.4 is 10.6 Å². The topological polar surface area (TPSA) is 112 Å². The molecule has 2 saturated heterocycles. The van der Waals surface area contributed by atoms with E-state index in [2.05, 4.69) is 10.6 Å². The second-order valence-corrected chi connectivity index (χ2v) is 7.43. The van der Waals surface area contributed by atoms with E-state index in [-0.39, 0.29) is 18.1 Å². The average Bonchev–Trinajstić information content (AvgIpc) is 2.56. The van der Waals surface area contributed by atoms with Crippen molar-refractivity contribution in [2.45, 2.75) is 88.3 Å². The zero-order valence-corrected chi connectivity index (χ0v) is 15.4. The molecule has 1 saturated carbocycles. The first-order valence-corrected chi connectivity index (χ1v) is 9.35. The Balaban J connectivity index is 1.91. The normalized spacial score (nSPS) is 53.2. The van der Waals surface area contributed by atoms with Crippen LogP contribution in [-0.4, -0.2) is 83.6 Å². The predicted octanol–water partition coefficient (Wildman–Crippen LogP) is -1.08. The summed E-state index contributed by atoms with van der Waals surface area (Å²) in [4.78, 5) is 0. The summed E-state index contributed by atoms with van der Waals surface area (Å²) < 4.78 is 17.9. The summed E-state index contributed by atoms with van der Waals surface area (Å²) in [5.41, 5.74) is 0. The maximum atomic E-state index is 11.2. The monoisotopic (exact) mass is 360 g/mol. The van der Waals surface area contributed by atoms with Crippen LogP contribution in [0.3, 0.4) is 0 Å². The number of nitrogens with one attached hydrogen (secondary N) is 2. The van der Waals surface area contributed by atoms with Gasteiger partial charge < -0.3 is 40.2 Å². The van der Waals surface area contributed by atoms with Crippen molar-refractivity contribution in [2.24, 2.45) is 5.92 Å². The van der Waals surface area contributed by atoms with Crippen molar-refractivity contribution in [3.05, 3.63) is 0 Å². The van der Waals surface area contributed by atoms with Crippen molar-refractivity contribution in [2.75, 3.05) is 13.6 Å². The predicted molar refractivity (Wildman–Crippen MR) is 89.8 cm³/mol. The Morgan fingerprint density at radius 3 is 2.44 bits per heavy atom. The third-order valence-corrected chi connectivity index (χ3v) is 5.88. The van der Waals surface area contributed by atoms with Crippen molar-refractivity contribution in [1.29, 1.82) is 0 Å². The van der Waals surface area contributed by atoms with Crippen LogP contribution in [0.2, 0.25) is 0 Å². The molecule has 10 atom stereocenters. The largest absolute Gasteiger partial charge is 0.391 e. The van der Waals surface area contributed by atoms with E-state index in [1.165, 1.54) is 0 Å². The number of ether oxygens (including phenoxy) is 3. The molecule has 2 aliphatic heterocycles. The first kappa shape index (κ1) is 19.4. The first-order valence-electron chi connectivity index (χ1n) is 9.35. The van der Waals surface area contributed by atoms with Crippen LogP contribution in [0.5, 0.6) is 0 Å². The Labute approximate surface area is 148 Å². The molecule has 146 valence electrons. The van der Waals surface area contributed by atoms with E-state index in [9.17, 15) is 15.3 Å². The molecular weight excluding hydrogens is 328 g/mol. The summed E-state index contributed by atoms with van der Waals surface area (Å²) >= 11 is 0. The Hall–Kier alpha value is -0.320. The number of fused-ring (bicyclic) bond motifs is 2. The van der Waals surface area contributed by atoms with Crippen molar-refractivity contribution in [3.63, 3.8) is 0 Å². The number of hydrogen-bond acceptors (Lipinski definition) is 8. The van der Waals surface area contributed by atoms with E-state index < -0.39 is 42.5 Å². The smallest absolute Gasteiger partial charge is 0.234 e. The molecule has 8 nitrogen and oxygen atoms in total. The van der Waals surface area contributed by atoms with Gasteiger partial charge in [-0.15, -0.1) is 0 Å². The van der Waals surface area contributed by atoms with Gasteiger partial charge in [-0.2, -0.15) is 0 Å². The zero-order valence-electron chi connectivity index (χ0n) is 15.4. The van der Waals surface area contributed by atoms with Gasteiger partial charge in [0.2, 0.25) is 12.1 Å². The summed E-state index contributed by atoms with van der Waals surface area (Å²) in [6, 6.07) is -0.812. The highest BCUT2D eigenvalue weighted by atomic mass is 16.8. The third-order valence-electron chi connectivity index (χ3n) is 5.88. The molecule has 25 heavy (non-hydrogen) atoms. The van der Waals surface area contributed by atoms with E-state index in [4.69, 9.17) is 14.2 Å². The molecule has 3 fully saturated rings. The fourth-order valence-electron chi connectivity index (χ4n) is 4.55. The number of likely N-dealkylation sites (N-methyl/N-ethyl adjacent to an activating group) is 2. The Kier molecular flexibility index (Phi) is 5.72. The lowest BCUT2D eigenvalue weighted by atomic mass is 9.74. The molecule has 0 aromatic rings. The van der Waals surface area contributed by atoms with Gasteiger partial charge >= 0.3 is 0 Å². The van der Waals surface area contributed by atoms with Gasteiger partial charge in [0.25, 0.3) is 0 Å². The molecule has 0 radical (unpaired) electrons. The Morgan fingerprint density at radius 2 is 1.84 bits per heavy atom. The number of hydrogen-bond donors (Lipinski definition) is 5. The minimum atomic E-state index is -1.67. The molecule has 2 heterocycles. The molecule has 3 unspecified atom stereocenters. The molecule has 1 aliphatic carbocycles. The van der Waals surface area contributed by atoms with Crippen LogP contribution in [0.4, 0.5) is 0 Å². The van der Waals surface area contributed by atoms with Gasteiger partial charge in [-0.3, -0.25) is 0 Å². The first-order chi connectivity index (χ1) is 11.9. The quantitative estimate of drug-likeness (QED) is 0.431. The lowest BCUT2D eigenvalue weighted by Gasteiger charge is -2.58. The summed E-state index contributed by atoms with van der Waals surface area (Å²) in [5, 5.41) is 38.9. The van der Waals surface area contributed by atoms with Gasteiger partial charge in [0, 0.05) is 5.92 Å². The highest BCUT2D eigenvalue weighted by Crippen LogP contribution is 2.43. The maximum Gasteiger partial charge on any atom is 0.234 e. The van der Waals surface area contributed by atoms with Crippen LogP contribution in [0.1, 0.15) is 33.6 Å². The minimum Gasteiger partial charge on any atom is -0.391 e. The lowest BCUT2D eigenvalue weighted by molar-refractivity contribution is -0.451.